The van der Waals surface area contributed by atoms with Crippen LogP contribution in [-0.2, 0) is 11.3 Å². The van der Waals surface area contributed by atoms with E-state index in [1.165, 1.54) is 18.5 Å². The number of anilines is 2. The van der Waals surface area contributed by atoms with E-state index < -0.39 is 0 Å². The Morgan fingerprint density at radius 1 is 1.15 bits per heavy atom. The third kappa shape index (κ3) is 4.87. The number of halogens is 2. The molecular formula is C25H21ClFN5O2. The summed E-state index contributed by atoms with van der Waals surface area (Å²) in [6.07, 6.45) is 1.50. The van der Waals surface area contributed by atoms with Crippen LogP contribution >= 0.6 is 11.6 Å². The Morgan fingerprint density at radius 2 is 2.06 bits per heavy atom. The molecule has 9 heteroatoms. The lowest BCUT2D eigenvalue weighted by Crippen LogP contribution is -2.19. The topological polar surface area (TPSA) is 71.9 Å². The predicted octanol–water partition coefficient (Wildman–Crippen LogP) is 5.69. The number of benzene rings is 3. The second kappa shape index (κ2) is 9.52. The van der Waals surface area contributed by atoms with E-state index in [0.29, 0.717) is 29.2 Å². The Hall–Kier alpha value is -3.91. The van der Waals surface area contributed by atoms with Crippen molar-refractivity contribution in [3.05, 3.63) is 83.4 Å². The number of hydrogen-bond acceptors (Lipinski definition) is 6. The fourth-order valence-corrected chi connectivity index (χ4v) is 3.78. The van der Waals surface area contributed by atoms with Gasteiger partial charge in [0, 0.05) is 18.1 Å². The van der Waals surface area contributed by atoms with Crippen molar-refractivity contribution in [2.45, 2.75) is 6.61 Å². The molecule has 0 atom stereocenters. The van der Waals surface area contributed by atoms with Crippen molar-refractivity contribution in [2.24, 2.45) is 4.99 Å². The lowest BCUT2D eigenvalue weighted by Gasteiger charge is -2.12. The zero-order chi connectivity index (χ0) is 23.5. The molecule has 5 rings (SSSR count). The smallest absolute Gasteiger partial charge is 0.292 e. The highest BCUT2D eigenvalue weighted by Crippen LogP contribution is 2.32. The van der Waals surface area contributed by atoms with Gasteiger partial charge in [-0.2, -0.15) is 4.99 Å². The van der Waals surface area contributed by atoms with Crippen molar-refractivity contribution in [3.63, 3.8) is 0 Å². The molecule has 1 N–H and O–H groups in total. The second-order valence-electron chi connectivity index (χ2n) is 7.78. The average molecular weight is 478 g/mol. The quantitative estimate of drug-likeness (QED) is 0.384. The van der Waals surface area contributed by atoms with Crippen LogP contribution in [0.15, 0.2) is 72.0 Å². The Labute approximate surface area is 200 Å². The molecule has 0 aliphatic carbocycles. The summed E-state index contributed by atoms with van der Waals surface area (Å²) >= 11 is 6.44. The first-order valence-corrected chi connectivity index (χ1v) is 11.0. The Morgan fingerprint density at radius 3 is 2.85 bits per heavy atom. The molecule has 1 fully saturated rings. The van der Waals surface area contributed by atoms with Gasteiger partial charge < -0.3 is 19.7 Å². The van der Waals surface area contributed by atoms with E-state index in [2.05, 4.69) is 20.3 Å². The number of hydrogen-bond donors (Lipinski definition) is 1. The van der Waals surface area contributed by atoms with Gasteiger partial charge in [0.25, 0.3) is 6.02 Å². The van der Waals surface area contributed by atoms with E-state index in [0.717, 1.165) is 34.4 Å². The summed E-state index contributed by atoms with van der Waals surface area (Å²) in [4.78, 5) is 15.3. The van der Waals surface area contributed by atoms with Gasteiger partial charge in [-0.05, 0) is 54.1 Å². The third-order valence-electron chi connectivity index (χ3n) is 5.31. The molecule has 0 amide bonds. The SMILES string of the molecule is CN1CCOC1=Nc1ccc2ncnc(Nc3ccc(OCc4cccc(F)c4)c(Cl)c3)c2c1. The fourth-order valence-electron chi connectivity index (χ4n) is 3.54. The molecule has 2 heterocycles. The number of amidine groups is 1. The van der Waals surface area contributed by atoms with E-state index >= 15 is 0 Å². The van der Waals surface area contributed by atoms with Crippen molar-refractivity contribution < 1.29 is 13.9 Å². The molecule has 34 heavy (non-hydrogen) atoms. The first kappa shape index (κ1) is 21.9. The summed E-state index contributed by atoms with van der Waals surface area (Å²) in [5, 5.41) is 4.53. The molecule has 1 aromatic heterocycles. The van der Waals surface area contributed by atoms with E-state index in [1.807, 2.05) is 36.2 Å². The average Bonchev–Trinajstić information content (AvgIpc) is 3.23. The minimum atomic E-state index is -0.304. The monoisotopic (exact) mass is 477 g/mol. The highest BCUT2D eigenvalue weighted by molar-refractivity contribution is 6.32. The summed E-state index contributed by atoms with van der Waals surface area (Å²) in [5.41, 5.74) is 2.98. The zero-order valence-corrected chi connectivity index (χ0v) is 19.1. The van der Waals surface area contributed by atoms with Crippen molar-refractivity contribution in [3.8, 4) is 5.75 Å². The number of likely N-dealkylation sites (N-methyl/N-ethyl adjacent to an activating group) is 1. The van der Waals surface area contributed by atoms with Gasteiger partial charge in [-0.1, -0.05) is 23.7 Å². The summed E-state index contributed by atoms with van der Waals surface area (Å²) in [5.74, 6) is 0.821. The third-order valence-corrected chi connectivity index (χ3v) is 5.60. The molecule has 3 aromatic carbocycles. The molecule has 7 nitrogen and oxygen atoms in total. The van der Waals surface area contributed by atoms with Crippen molar-refractivity contribution >= 4 is 45.7 Å². The minimum absolute atomic E-state index is 0.213. The maximum atomic E-state index is 13.4. The number of nitrogens with zero attached hydrogens (tertiary/aromatic N) is 4. The van der Waals surface area contributed by atoms with Crippen LogP contribution in [0.25, 0.3) is 10.9 Å². The van der Waals surface area contributed by atoms with Crippen LogP contribution in [0.5, 0.6) is 5.75 Å². The zero-order valence-electron chi connectivity index (χ0n) is 18.3. The van der Waals surface area contributed by atoms with Crippen molar-refractivity contribution in [1.82, 2.24) is 14.9 Å². The molecule has 0 bridgehead atoms. The molecule has 0 unspecified atom stereocenters. The van der Waals surface area contributed by atoms with Gasteiger partial charge in [0.1, 0.15) is 36.9 Å². The maximum absolute atomic E-state index is 13.4. The summed E-state index contributed by atoms with van der Waals surface area (Å²) in [7, 11) is 1.94. The molecule has 1 aliphatic heterocycles. The van der Waals surface area contributed by atoms with Gasteiger partial charge in [-0.15, -0.1) is 0 Å². The molecule has 4 aromatic rings. The minimum Gasteiger partial charge on any atom is -0.487 e. The summed E-state index contributed by atoms with van der Waals surface area (Å²) in [6.45, 7) is 1.65. The fraction of sp³-hybridized carbons (Fsp3) is 0.160. The highest BCUT2D eigenvalue weighted by Gasteiger charge is 2.16. The Bertz CT molecular complexity index is 1380. The summed E-state index contributed by atoms with van der Waals surface area (Å²) < 4.78 is 24.7. The molecule has 1 saturated heterocycles. The standard InChI is InChI=1S/C25H21ClFN5O2/c1-32-9-10-33-25(32)31-18-5-7-22-20(12-18)24(29-15-28-22)30-19-6-8-23(21(26)13-19)34-14-16-3-2-4-17(27)11-16/h2-8,11-13,15H,9-10,14H2,1H3,(H,28,29,30). The van der Waals surface area contributed by atoms with E-state index in [9.17, 15) is 4.39 Å². The van der Waals surface area contributed by atoms with Crippen LogP contribution in [0.3, 0.4) is 0 Å². The van der Waals surface area contributed by atoms with Gasteiger partial charge >= 0.3 is 0 Å². The van der Waals surface area contributed by atoms with Crippen molar-refractivity contribution in [2.75, 3.05) is 25.5 Å². The van der Waals surface area contributed by atoms with Crippen LogP contribution in [-0.4, -0.2) is 41.1 Å². The normalized spacial score (nSPS) is 14.4. The van der Waals surface area contributed by atoms with E-state index in [-0.39, 0.29) is 12.4 Å². The first-order chi connectivity index (χ1) is 16.5. The van der Waals surface area contributed by atoms with Gasteiger partial charge in [0.2, 0.25) is 0 Å². The van der Waals surface area contributed by atoms with E-state index in [4.69, 9.17) is 21.1 Å². The van der Waals surface area contributed by atoms with Crippen LogP contribution in [0.2, 0.25) is 5.02 Å². The number of rotatable bonds is 6. The molecule has 0 saturated carbocycles. The number of fused-ring (bicyclic) bond motifs is 1. The van der Waals surface area contributed by atoms with Gasteiger partial charge in [-0.25, -0.2) is 14.4 Å². The maximum Gasteiger partial charge on any atom is 0.292 e. The molecule has 1 aliphatic rings. The lowest BCUT2D eigenvalue weighted by molar-refractivity contribution is 0.306. The molecule has 172 valence electrons. The largest absolute Gasteiger partial charge is 0.487 e. The van der Waals surface area contributed by atoms with Gasteiger partial charge in [0.15, 0.2) is 0 Å². The summed E-state index contributed by atoms with van der Waals surface area (Å²) in [6, 6.07) is 17.9. The number of nitrogens with one attached hydrogen (secondary N) is 1. The molecule has 0 radical (unpaired) electrons. The van der Waals surface area contributed by atoms with Crippen LogP contribution in [0.4, 0.5) is 21.6 Å². The van der Waals surface area contributed by atoms with E-state index in [1.54, 1.807) is 24.3 Å². The van der Waals surface area contributed by atoms with Crippen molar-refractivity contribution in [1.29, 1.82) is 0 Å². The predicted molar refractivity (Wildman–Crippen MR) is 131 cm³/mol. The van der Waals surface area contributed by atoms with Crippen LogP contribution in [0.1, 0.15) is 5.56 Å². The Balaban J connectivity index is 1.36. The highest BCUT2D eigenvalue weighted by atomic mass is 35.5. The number of aromatic nitrogens is 2. The van der Waals surface area contributed by atoms with Crippen LogP contribution in [0, 0.1) is 5.82 Å². The Kier molecular flexibility index (Phi) is 6.14. The number of ether oxygens (including phenoxy) is 2. The van der Waals surface area contributed by atoms with Gasteiger partial charge in [0.05, 0.1) is 22.8 Å². The molecular weight excluding hydrogens is 457 g/mol. The lowest BCUT2D eigenvalue weighted by atomic mass is 10.2. The first-order valence-electron chi connectivity index (χ1n) is 10.7. The van der Waals surface area contributed by atoms with Crippen LogP contribution < -0.4 is 10.1 Å². The second-order valence-corrected chi connectivity index (χ2v) is 8.18. The molecule has 0 spiro atoms. The number of aliphatic imine (C=N–C) groups is 1. The van der Waals surface area contributed by atoms with Gasteiger partial charge in [-0.3, -0.25) is 0 Å².